The number of hydrogen-bond acceptors (Lipinski definition) is 5. The average molecular weight is 321 g/mol. The zero-order valence-corrected chi connectivity index (χ0v) is 13.0. The van der Waals surface area contributed by atoms with Gasteiger partial charge in [-0.2, -0.15) is 5.26 Å². The third-order valence-electron chi connectivity index (χ3n) is 3.50. The van der Waals surface area contributed by atoms with E-state index in [0.717, 1.165) is 11.4 Å². The molecule has 0 aliphatic rings. The number of amides is 1. The molecule has 0 saturated carbocycles. The molecule has 2 heterocycles. The minimum atomic E-state index is -0.377. The summed E-state index contributed by atoms with van der Waals surface area (Å²) in [5.74, 6) is 0.513. The van der Waals surface area contributed by atoms with Gasteiger partial charge in [0.2, 0.25) is 5.91 Å². The fraction of sp³-hybridized carbons (Fsp3) is 0.188. The lowest BCUT2D eigenvalue weighted by atomic mass is 10.1. The Kier molecular flexibility index (Phi) is 4.34. The highest BCUT2D eigenvalue weighted by Crippen LogP contribution is 2.20. The molecule has 8 heteroatoms. The van der Waals surface area contributed by atoms with Crippen molar-refractivity contribution in [3.05, 3.63) is 66.3 Å². The second-order valence-electron chi connectivity index (χ2n) is 5.19. The number of carbonyl (C=O) groups is 1. The molecule has 0 spiro atoms. The van der Waals surface area contributed by atoms with Gasteiger partial charge in [-0.05, 0) is 5.56 Å². The van der Waals surface area contributed by atoms with Crippen LogP contribution in [0.1, 0.15) is 23.3 Å². The number of benzene rings is 1. The van der Waals surface area contributed by atoms with Gasteiger partial charge < -0.3 is 9.88 Å². The van der Waals surface area contributed by atoms with Gasteiger partial charge in [-0.25, -0.2) is 14.6 Å². The number of aryl methyl sites for hydroxylation is 1. The molecule has 2 aromatic heterocycles. The topological polar surface area (TPSA) is 101 Å². The van der Waals surface area contributed by atoms with Crippen molar-refractivity contribution in [2.24, 2.45) is 7.05 Å². The van der Waals surface area contributed by atoms with Crippen LogP contribution in [0.2, 0.25) is 0 Å². The lowest BCUT2D eigenvalue weighted by Gasteiger charge is -2.19. The van der Waals surface area contributed by atoms with Crippen LogP contribution in [0.15, 0.2) is 49.1 Å². The molecule has 120 valence electrons. The molecule has 3 aromatic rings. The molecule has 1 amide bonds. The third-order valence-corrected chi connectivity index (χ3v) is 3.50. The Morgan fingerprint density at radius 2 is 2.12 bits per heavy atom. The number of nitriles is 1. The number of rotatable bonds is 5. The van der Waals surface area contributed by atoms with Crippen molar-refractivity contribution >= 4 is 5.91 Å². The molecule has 0 radical (unpaired) electrons. The maximum atomic E-state index is 12.4. The molecular formula is C16H15N7O. The van der Waals surface area contributed by atoms with Gasteiger partial charge in [0.05, 0.1) is 0 Å². The van der Waals surface area contributed by atoms with E-state index in [1.807, 2.05) is 54.2 Å². The SMILES string of the molecule is Cn1ccnc1C(NC(=O)Cn1cnc(C#N)n1)c1ccccc1. The van der Waals surface area contributed by atoms with E-state index in [9.17, 15) is 4.79 Å². The Morgan fingerprint density at radius 1 is 1.33 bits per heavy atom. The van der Waals surface area contributed by atoms with Gasteiger partial charge in [0.15, 0.2) is 0 Å². The van der Waals surface area contributed by atoms with Gasteiger partial charge in [-0.1, -0.05) is 30.3 Å². The van der Waals surface area contributed by atoms with Crippen molar-refractivity contribution < 1.29 is 4.79 Å². The fourth-order valence-electron chi connectivity index (χ4n) is 2.37. The van der Waals surface area contributed by atoms with Crippen LogP contribution < -0.4 is 5.32 Å². The molecule has 3 rings (SSSR count). The lowest BCUT2D eigenvalue weighted by Crippen LogP contribution is -2.33. The second kappa shape index (κ2) is 6.75. The van der Waals surface area contributed by atoms with E-state index < -0.39 is 0 Å². The van der Waals surface area contributed by atoms with Crippen LogP contribution in [0.25, 0.3) is 0 Å². The van der Waals surface area contributed by atoms with E-state index in [-0.39, 0.29) is 24.3 Å². The summed E-state index contributed by atoms with van der Waals surface area (Å²) in [5, 5.41) is 15.6. The minimum Gasteiger partial charge on any atom is -0.340 e. The summed E-state index contributed by atoms with van der Waals surface area (Å²) in [4.78, 5) is 20.5. The largest absolute Gasteiger partial charge is 0.340 e. The predicted octanol–water partition coefficient (Wildman–Crippen LogP) is 0.789. The normalized spacial score (nSPS) is 11.7. The molecule has 1 N–H and O–H groups in total. The van der Waals surface area contributed by atoms with Crippen molar-refractivity contribution in [3.63, 3.8) is 0 Å². The van der Waals surface area contributed by atoms with Crippen molar-refractivity contribution in [1.82, 2.24) is 29.6 Å². The van der Waals surface area contributed by atoms with E-state index in [1.165, 1.54) is 11.0 Å². The summed E-state index contributed by atoms with van der Waals surface area (Å²) in [6.07, 6.45) is 4.87. The van der Waals surface area contributed by atoms with Gasteiger partial charge in [0.1, 0.15) is 30.8 Å². The molecule has 0 aliphatic carbocycles. The van der Waals surface area contributed by atoms with E-state index >= 15 is 0 Å². The Bertz CT molecular complexity index is 875. The van der Waals surface area contributed by atoms with Gasteiger partial charge >= 0.3 is 0 Å². The van der Waals surface area contributed by atoms with Gasteiger partial charge in [0.25, 0.3) is 5.82 Å². The zero-order chi connectivity index (χ0) is 16.9. The first kappa shape index (κ1) is 15.4. The molecule has 0 bridgehead atoms. The van der Waals surface area contributed by atoms with Crippen molar-refractivity contribution in [2.75, 3.05) is 0 Å². The van der Waals surface area contributed by atoms with Gasteiger partial charge in [-0.15, -0.1) is 5.10 Å². The fourth-order valence-corrected chi connectivity index (χ4v) is 2.37. The van der Waals surface area contributed by atoms with Gasteiger partial charge in [-0.3, -0.25) is 4.79 Å². The number of carbonyl (C=O) groups excluding carboxylic acids is 1. The summed E-state index contributed by atoms with van der Waals surface area (Å²) >= 11 is 0. The van der Waals surface area contributed by atoms with Crippen LogP contribution >= 0.6 is 0 Å². The first-order valence-electron chi connectivity index (χ1n) is 7.28. The predicted molar refractivity (Wildman–Crippen MR) is 84.4 cm³/mol. The molecule has 1 unspecified atom stereocenters. The minimum absolute atomic E-state index is 0.0254. The Labute approximate surface area is 138 Å². The highest BCUT2D eigenvalue weighted by atomic mass is 16.2. The Hall–Kier alpha value is -3.47. The molecule has 8 nitrogen and oxygen atoms in total. The van der Waals surface area contributed by atoms with Crippen molar-refractivity contribution in [1.29, 1.82) is 5.26 Å². The van der Waals surface area contributed by atoms with E-state index in [0.29, 0.717) is 0 Å². The average Bonchev–Trinajstić information content (AvgIpc) is 3.22. The van der Waals surface area contributed by atoms with E-state index in [1.54, 1.807) is 6.20 Å². The zero-order valence-electron chi connectivity index (χ0n) is 13.0. The summed E-state index contributed by atoms with van der Waals surface area (Å²) in [5.41, 5.74) is 0.927. The molecule has 1 atom stereocenters. The number of nitrogens with zero attached hydrogens (tertiary/aromatic N) is 6. The van der Waals surface area contributed by atoms with Crippen LogP contribution in [-0.2, 0) is 18.4 Å². The van der Waals surface area contributed by atoms with Crippen LogP contribution in [0, 0.1) is 11.3 Å². The summed E-state index contributed by atoms with van der Waals surface area (Å²) < 4.78 is 3.19. The van der Waals surface area contributed by atoms with E-state index in [4.69, 9.17) is 5.26 Å². The van der Waals surface area contributed by atoms with E-state index in [2.05, 4.69) is 20.4 Å². The molecule has 24 heavy (non-hydrogen) atoms. The van der Waals surface area contributed by atoms with Gasteiger partial charge in [0, 0.05) is 19.4 Å². The summed E-state index contributed by atoms with van der Waals surface area (Å²) in [7, 11) is 1.88. The highest BCUT2D eigenvalue weighted by molar-refractivity contribution is 5.76. The smallest absolute Gasteiger partial charge is 0.252 e. The first-order valence-corrected chi connectivity index (χ1v) is 7.28. The monoisotopic (exact) mass is 321 g/mol. The lowest BCUT2D eigenvalue weighted by molar-refractivity contribution is -0.122. The summed E-state index contributed by atoms with van der Waals surface area (Å²) in [6, 6.07) is 11.1. The van der Waals surface area contributed by atoms with Crippen LogP contribution in [-0.4, -0.2) is 30.2 Å². The highest BCUT2D eigenvalue weighted by Gasteiger charge is 2.20. The Balaban J connectivity index is 1.80. The second-order valence-corrected chi connectivity index (χ2v) is 5.19. The van der Waals surface area contributed by atoms with Crippen LogP contribution in [0.3, 0.4) is 0 Å². The number of nitrogens with one attached hydrogen (secondary N) is 1. The summed E-state index contributed by atoms with van der Waals surface area (Å²) in [6.45, 7) is -0.0254. The molecular weight excluding hydrogens is 306 g/mol. The number of imidazole rings is 1. The third kappa shape index (κ3) is 3.30. The molecule has 1 aromatic carbocycles. The number of hydrogen-bond donors (Lipinski definition) is 1. The standard InChI is InChI=1S/C16H15N7O/c1-22-8-7-18-16(22)15(12-5-3-2-4-6-12)20-14(24)10-23-11-19-13(9-17)21-23/h2-8,11,15H,10H2,1H3,(H,20,24). The van der Waals surface area contributed by atoms with Crippen molar-refractivity contribution in [3.8, 4) is 6.07 Å². The maximum Gasteiger partial charge on any atom is 0.252 e. The maximum absolute atomic E-state index is 12.4. The van der Waals surface area contributed by atoms with Crippen LogP contribution in [0.5, 0.6) is 0 Å². The molecule has 0 fully saturated rings. The number of aromatic nitrogens is 5. The molecule has 0 saturated heterocycles. The first-order chi connectivity index (χ1) is 11.7. The quantitative estimate of drug-likeness (QED) is 0.748. The van der Waals surface area contributed by atoms with Crippen LogP contribution in [0.4, 0.5) is 0 Å². The van der Waals surface area contributed by atoms with Crippen molar-refractivity contribution in [2.45, 2.75) is 12.6 Å². The molecule has 0 aliphatic heterocycles. The Morgan fingerprint density at radius 3 is 2.75 bits per heavy atom.